The van der Waals surface area contributed by atoms with E-state index in [1.807, 2.05) is 0 Å². The fraction of sp³-hybridized carbons (Fsp3) is 0.938. The smallest absolute Gasteiger partial charge is 0.191 e. The van der Waals surface area contributed by atoms with E-state index in [1.54, 1.807) is 0 Å². The van der Waals surface area contributed by atoms with Gasteiger partial charge in [0.1, 0.15) is 0 Å². The van der Waals surface area contributed by atoms with E-state index in [0.717, 1.165) is 51.1 Å². The van der Waals surface area contributed by atoms with Crippen molar-refractivity contribution in [1.82, 2.24) is 10.6 Å². The van der Waals surface area contributed by atoms with Gasteiger partial charge in [-0.2, -0.15) is 0 Å². The summed E-state index contributed by atoms with van der Waals surface area (Å²) in [7, 11) is 0. The van der Waals surface area contributed by atoms with Gasteiger partial charge in [-0.15, -0.1) is 0 Å². The van der Waals surface area contributed by atoms with Gasteiger partial charge >= 0.3 is 0 Å². The lowest BCUT2D eigenvalue weighted by molar-refractivity contribution is 0.123. The van der Waals surface area contributed by atoms with Crippen LogP contribution in [-0.2, 0) is 4.74 Å². The molecule has 0 unspecified atom stereocenters. The molecule has 1 rings (SSSR count). The lowest BCUT2D eigenvalue weighted by Crippen LogP contribution is -2.38. The molecule has 0 spiro atoms. The van der Waals surface area contributed by atoms with Crippen LogP contribution in [0, 0.1) is 11.8 Å². The molecule has 0 aromatic rings. The van der Waals surface area contributed by atoms with Crippen LogP contribution >= 0.6 is 0 Å². The van der Waals surface area contributed by atoms with Gasteiger partial charge in [-0.05, 0) is 38.0 Å². The van der Waals surface area contributed by atoms with Crippen LogP contribution in [0.2, 0.25) is 0 Å². The van der Waals surface area contributed by atoms with E-state index in [-0.39, 0.29) is 0 Å². The summed E-state index contributed by atoms with van der Waals surface area (Å²) in [5.41, 5.74) is 0. The fourth-order valence-corrected chi connectivity index (χ4v) is 2.02. The van der Waals surface area contributed by atoms with Crippen molar-refractivity contribution in [3.63, 3.8) is 0 Å². The highest BCUT2D eigenvalue weighted by Gasteiger charge is 2.20. The molecule has 0 heterocycles. The number of nitrogens with zero attached hydrogens (tertiary/aromatic N) is 1. The van der Waals surface area contributed by atoms with Crippen LogP contribution in [0.4, 0.5) is 0 Å². The monoisotopic (exact) mass is 283 g/mol. The third-order valence-electron chi connectivity index (χ3n) is 3.81. The van der Waals surface area contributed by atoms with Gasteiger partial charge in [-0.1, -0.05) is 26.7 Å². The van der Waals surface area contributed by atoms with Crippen molar-refractivity contribution in [3.05, 3.63) is 0 Å². The molecule has 0 saturated heterocycles. The minimum Gasteiger partial charge on any atom is -0.381 e. The SMILES string of the molecule is CCNC(=NCC(CC)CC)NCCCOCC1CC1. The molecule has 0 aliphatic heterocycles. The molecule has 0 aromatic carbocycles. The van der Waals surface area contributed by atoms with Crippen molar-refractivity contribution < 1.29 is 4.74 Å². The first kappa shape index (κ1) is 17.3. The van der Waals surface area contributed by atoms with Crippen LogP contribution in [0.3, 0.4) is 0 Å². The molecule has 0 amide bonds. The Morgan fingerprint density at radius 2 is 1.95 bits per heavy atom. The Labute approximate surface area is 124 Å². The second-order valence-electron chi connectivity index (χ2n) is 5.70. The molecule has 1 fully saturated rings. The van der Waals surface area contributed by atoms with Crippen LogP contribution in [0.1, 0.15) is 52.9 Å². The van der Waals surface area contributed by atoms with Crippen molar-refractivity contribution >= 4 is 5.96 Å². The second-order valence-corrected chi connectivity index (χ2v) is 5.70. The fourth-order valence-electron chi connectivity index (χ4n) is 2.02. The third kappa shape index (κ3) is 8.41. The van der Waals surface area contributed by atoms with Gasteiger partial charge in [-0.25, -0.2) is 0 Å². The Kier molecular flexibility index (Phi) is 9.46. The van der Waals surface area contributed by atoms with Crippen LogP contribution in [0.5, 0.6) is 0 Å². The van der Waals surface area contributed by atoms with Gasteiger partial charge in [0.25, 0.3) is 0 Å². The molecule has 1 aliphatic carbocycles. The van der Waals surface area contributed by atoms with E-state index in [2.05, 4.69) is 36.4 Å². The first-order valence-corrected chi connectivity index (χ1v) is 8.40. The van der Waals surface area contributed by atoms with E-state index in [0.29, 0.717) is 5.92 Å². The number of guanidine groups is 1. The van der Waals surface area contributed by atoms with Gasteiger partial charge in [0.2, 0.25) is 0 Å². The molecule has 4 heteroatoms. The van der Waals surface area contributed by atoms with Gasteiger partial charge < -0.3 is 15.4 Å². The molecule has 118 valence electrons. The van der Waals surface area contributed by atoms with Crippen molar-refractivity contribution in [2.24, 2.45) is 16.8 Å². The van der Waals surface area contributed by atoms with Gasteiger partial charge in [0.15, 0.2) is 5.96 Å². The minimum absolute atomic E-state index is 0.701. The maximum atomic E-state index is 5.63. The zero-order valence-corrected chi connectivity index (χ0v) is 13.6. The average Bonchev–Trinajstić information content (AvgIpc) is 3.27. The van der Waals surface area contributed by atoms with E-state index in [1.165, 1.54) is 25.7 Å². The molecular formula is C16H33N3O. The van der Waals surface area contributed by atoms with E-state index in [9.17, 15) is 0 Å². The third-order valence-corrected chi connectivity index (χ3v) is 3.81. The highest BCUT2D eigenvalue weighted by atomic mass is 16.5. The Morgan fingerprint density at radius 1 is 1.20 bits per heavy atom. The molecular weight excluding hydrogens is 250 g/mol. The van der Waals surface area contributed by atoms with E-state index >= 15 is 0 Å². The summed E-state index contributed by atoms with van der Waals surface area (Å²) in [6, 6.07) is 0. The molecule has 1 saturated carbocycles. The molecule has 2 N–H and O–H groups in total. The minimum atomic E-state index is 0.701. The van der Waals surface area contributed by atoms with E-state index < -0.39 is 0 Å². The van der Waals surface area contributed by atoms with Crippen molar-refractivity contribution in [3.8, 4) is 0 Å². The average molecular weight is 283 g/mol. The van der Waals surface area contributed by atoms with Gasteiger partial charge in [-0.3, -0.25) is 4.99 Å². The Balaban J connectivity index is 2.10. The van der Waals surface area contributed by atoms with Crippen LogP contribution < -0.4 is 10.6 Å². The molecule has 0 aromatic heterocycles. The Bertz CT molecular complexity index is 260. The van der Waals surface area contributed by atoms with Gasteiger partial charge in [0.05, 0.1) is 0 Å². The first-order valence-electron chi connectivity index (χ1n) is 8.40. The lowest BCUT2D eigenvalue weighted by atomic mass is 10.0. The largest absolute Gasteiger partial charge is 0.381 e. The zero-order chi connectivity index (χ0) is 14.6. The highest BCUT2D eigenvalue weighted by Crippen LogP contribution is 2.28. The summed E-state index contributed by atoms with van der Waals surface area (Å²) in [6.07, 6.45) is 6.18. The molecule has 1 aliphatic rings. The molecule has 20 heavy (non-hydrogen) atoms. The zero-order valence-electron chi connectivity index (χ0n) is 13.6. The first-order chi connectivity index (χ1) is 9.80. The van der Waals surface area contributed by atoms with E-state index in [4.69, 9.17) is 4.74 Å². The molecule has 0 atom stereocenters. The molecule has 0 radical (unpaired) electrons. The number of ether oxygens (including phenoxy) is 1. The summed E-state index contributed by atoms with van der Waals surface area (Å²) in [5, 5.41) is 6.69. The number of hydrogen-bond acceptors (Lipinski definition) is 2. The normalized spacial score (nSPS) is 15.7. The second kappa shape index (κ2) is 11.0. The quantitative estimate of drug-likeness (QED) is 0.348. The predicted molar refractivity (Wildman–Crippen MR) is 86.2 cm³/mol. The predicted octanol–water partition coefficient (Wildman–Crippen LogP) is 2.79. The van der Waals surface area contributed by atoms with Crippen molar-refractivity contribution in [2.45, 2.75) is 52.9 Å². The summed E-state index contributed by atoms with van der Waals surface area (Å²) in [6.45, 7) is 11.2. The number of rotatable bonds is 11. The lowest BCUT2D eigenvalue weighted by Gasteiger charge is -2.14. The number of aliphatic imine (C=N–C) groups is 1. The summed E-state index contributed by atoms with van der Waals surface area (Å²) in [4.78, 5) is 4.67. The van der Waals surface area contributed by atoms with Crippen molar-refractivity contribution in [1.29, 1.82) is 0 Å². The Morgan fingerprint density at radius 3 is 2.55 bits per heavy atom. The number of hydrogen-bond donors (Lipinski definition) is 2. The van der Waals surface area contributed by atoms with Crippen LogP contribution in [-0.4, -0.2) is 38.8 Å². The number of nitrogens with one attached hydrogen (secondary N) is 2. The Hall–Kier alpha value is -0.770. The molecule has 0 bridgehead atoms. The highest BCUT2D eigenvalue weighted by molar-refractivity contribution is 5.79. The standard InChI is InChI=1S/C16H33N3O/c1-4-14(5-2)12-19-16(17-6-3)18-10-7-11-20-13-15-8-9-15/h14-15H,4-13H2,1-3H3,(H2,17,18,19). The van der Waals surface area contributed by atoms with Crippen molar-refractivity contribution in [2.75, 3.05) is 32.8 Å². The summed E-state index contributed by atoms with van der Waals surface area (Å²) < 4.78 is 5.63. The maximum Gasteiger partial charge on any atom is 0.191 e. The summed E-state index contributed by atoms with van der Waals surface area (Å²) >= 11 is 0. The topological polar surface area (TPSA) is 45.7 Å². The molecule has 4 nitrogen and oxygen atoms in total. The van der Waals surface area contributed by atoms with Crippen LogP contribution in [0.25, 0.3) is 0 Å². The summed E-state index contributed by atoms with van der Waals surface area (Å²) in [5.74, 6) is 2.51. The van der Waals surface area contributed by atoms with Crippen LogP contribution in [0.15, 0.2) is 4.99 Å². The maximum absolute atomic E-state index is 5.63. The van der Waals surface area contributed by atoms with Gasteiger partial charge in [0, 0.05) is 32.8 Å².